The van der Waals surface area contributed by atoms with Crippen LogP contribution in [-0.2, 0) is 24.4 Å². The molecule has 1 N–H and O–H groups in total. The number of nitrogens with one attached hydrogen (secondary N) is 1. The van der Waals surface area contributed by atoms with Crippen LogP contribution in [0.15, 0.2) is 109 Å². The molecule has 0 saturated carbocycles. The van der Waals surface area contributed by atoms with Gasteiger partial charge in [-0.05, 0) is 49.1 Å². The minimum Gasteiger partial charge on any atom is -0.492 e. The second kappa shape index (κ2) is 13.3. The highest BCUT2D eigenvalue weighted by Crippen LogP contribution is 2.34. The number of carbonyl (C=O) groups is 1. The van der Waals surface area contributed by atoms with Gasteiger partial charge in [0.15, 0.2) is 0 Å². The van der Waals surface area contributed by atoms with Gasteiger partial charge in [0.05, 0.1) is 0 Å². The lowest BCUT2D eigenvalue weighted by molar-refractivity contribution is -0.125. The molecule has 1 saturated heterocycles. The second-order valence-electron chi connectivity index (χ2n) is 10.6. The maximum absolute atomic E-state index is 13.5. The normalized spacial score (nSPS) is 16.7. The van der Waals surface area contributed by atoms with E-state index in [1.165, 1.54) is 11.1 Å². The van der Waals surface area contributed by atoms with E-state index in [2.05, 4.69) is 68.6 Å². The average Bonchev–Trinajstić information content (AvgIpc) is 3.40. The van der Waals surface area contributed by atoms with Gasteiger partial charge >= 0.3 is 0 Å². The molecule has 6 heteroatoms. The zero-order chi connectivity index (χ0) is 27.6. The maximum atomic E-state index is 13.5. The lowest BCUT2D eigenvalue weighted by atomic mass is 9.97. The van der Waals surface area contributed by atoms with Crippen molar-refractivity contribution < 1.29 is 9.53 Å². The summed E-state index contributed by atoms with van der Waals surface area (Å²) in [5, 5.41) is 3.20. The molecular weight excluding hydrogens is 496 g/mol. The van der Waals surface area contributed by atoms with E-state index in [0.717, 1.165) is 56.0 Å². The number of amides is 1. The number of carbonyl (C=O) groups excluding carboxylic acids is 1. The van der Waals surface area contributed by atoms with Crippen molar-refractivity contribution in [2.45, 2.75) is 44.9 Å². The van der Waals surface area contributed by atoms with Crippen molar-refractivity contribution in [3.05, 3.63) is 126 Å². The number of rotatable bonds is 12. The lowest BCUT2D eigenvalue weighted by Crippen LogP contribution is -2.53. The third kappa shape index (κ3) is 6.88. The van der Waals surface area contributed by atoms with Crippen molar-refractivity contribution in [3.8, 4) is 5.75 Å². The molecule has 0 spiro atoms. The van der Waals surface area contributed by atoms with Crippen LogP contribution in [0.1, 0.15) is 36.5 Å². The van der Waals surface area contributed by atoms with Crippen molar-refractivity contribution in [3.63, 3.8) is 0 Å². The molecule has 0 unspecified atom stereocenters. The standard InChI is InChI=1S/C34H38N4O2/c1-34(19-10-22-38(34)31-17-20-35-21-18-31)33(39)36-25-30-15-8-9-16-32(30)40-24-23-37(26-28-11-4-2-5-12-28)27-29-13-6-3-7-14-29/h2-9,11-18,20-21H,10,19,22-27H2,1H3,(H,36,39)/t34-/m0/s1. The first-order valence-corrected chi connectivity index (χ1v) is 14.1. The van der Waals surface area contributed by atoms with Crippen LogP contribution >= 0.6 is 0 Å². The molecule has 0 bridgehead atoms. The molecule has 5 rings (SSSR count). The van der Waals surface area contributed by atoms with Crippen LogP contribution in [-0.4, -0.2) is 41.0 Å². The molecule has 0 aliphatic carbocycles. The fourth-order valence-electron chi connectivity index (χ4n) is 5.48. The van der Waals surface area contributed by atoms with Gasteiger partial charge in [-0.3, -0.25) is 14.7 Å². The molecule has 3 aromatic carbocycles. The van der Waals surface area contributed by atoms with Crippen LogP contribution in [0.25, 0.3) is 0 Å². The molecule has 1 atom stereocenters. The molecule has 6 nitrogen and oxygen atoms in total. The van der Waals surface area contributed by atoms with E-state index in [4.69, 9.17) is 4.74 Å². The first kappa shape index (κ1) is 27.4. The fraction of sp³-hybridized carbons (Fsp3) is 0.294. The van der Waals surface area contributed by atoms with Gasteiger partial charge in [0.1, 0.15) is 17.9 Å². The summed E-state index contributed by atoms with van der Waals surface area (Å²) in [5.41, 5.74) is 3.98. The Hall–Kier alpha value is -4.16. The van der Waals surface area contributed by atoms with E-state index in [1.807, 2.05) is 55.5 Å². The number of benzene rings is 3. The second-order valence-corrected chi connectivity index (χ2v) is 10.6. The van der Waals surface area contributed by atoms with Gasteiger partial charge in [-0.2, -0.15) is 0 Å². The Bertz CT molecular complexity index is 1310. The van der Waals surface area contributed by atoms with Crippen molar-refractivity contribution in [1.82, 2.24) is 15.2 Å². The molecule has 1 aromatic heterocycles. The Morgan fingerprint density at radius 3 is 2.20 bits per heavy atom. The van der Waals surface area contributed by atoms with Crippen LogP contribution in [0.5, 0.6) is 5.75 Å². The van der Waals surface area contributed by atoms with Crippen LogP contribution in [0.2, 0.25) is 0 Å². The third-order valence-electron chi connectivity index (χ3n) is 7.68. The number of anilines is 1. The Morgan fingerprint density at radius 1 is 0.900 bits per heavy atom. The molecular formula is C34H38N4O2. The summed E-state index contributed by atoms with van der Waals surface area (Å²) in [6, 6.07) is 33.0. The molecule has 40 heavy (non-hydrogen) atoms. The Labute approximate surface area is 237 Å². The van der Waals surface area contributed by atoms with E-state index >= 15 is 0 Å². The van der Waals surface area contributed by atoms with E-state index in [0.29, 0.717) is 13.2 Å². The van der Waals surface area contributed by atoms with Crippen LogP contribution in [0, 0.1) is 0 Å². The SMILES string of the molecule is C[C@@]1(C(=O)NCc2ccccc2OCCN(Cc2ccccc2)Cc2ccccc2)CCCN1c1ccncc1. The number of para-hydroxylation sites is 1. The average molecular weight is 535 g/mol. The van der Waals surface area contributed by atoms with Crippen molar-refractivity contribution >= 4 is 11.6 Å². The molecule has 4 aromatic rings. The predicted octanol–water partition coefficient (Wildman–Crippen LogP) is 5.84. The highest BCUT2D eigenvalue weighted by Gasteiger charge is 2.43. The number of ether oxygens (including phenoxy) is 1. The van der Waals surface area contributed by atoms with E-state index in [1.54, 1.807) is 12.4 Å². The van der Waals surface area contributed by atoms with Gasteiger partial charge in [-0.15, -0.1) is 0 Å². The maximum Gasteiger partial charge on any atom is 0.245 e. The number of hydrogen-bond acceptors (Lipinski definition) is 5. The lowest BCUT2D eigenvalue weighted by Gasteiger charge is -2.35. The number of nitrogens with zero attached hydrogens (tertiary/aromatic N) is 3. The topological polar surface area (TPSA) is 57.7 Å². The molecule has 1 aliphatic heterocycles. The summed E-state index contributed by atoms with van der Waals surface area (Å²) in [7, 11) is 0. The summed E-state index contributed by atoms with van der Waals surface area (Å²) < 4.78 is 6.31. The molecule has 206 valence electrons. The minimum atomic E-state index is -0.591. The van der Waals surface area contributed by atoms with Gasteiger partial charge in [0, 0.05) is 56.4 Å². The quantitative estimate of drug-likeness (QED) is 0.248. The number of aromatic nitrogens is 1. The largest absolute Gasteiger partial charge is 0.492 e. The van der Waals surface area contributed by atoms with Gasteiger partial charge in [0.25, 0.3) is 0 Å². The van der Waals surface area contributed by atoms with Gasteiger partial charge in [0.2, 0.25) is 5.91 Å². The summed E-state index contributed by atoms with van der Waals surface area (Å²) in [6.45, 7) is 6.35. The fourth-order valence-corrected chi connectivity index (χ4v) is 5.48. The number of hydrogen-bond donors (Lipinski definition) is 1. The highest BCUT2D eigenvalue weighted by molar-refractivity contribution is 5.90. The summed E-state index contributed by atoms with van der Waals surface area (Å²) in [5.74, 6) is 0.846. The van der Waals surface area contributed by atoms with Gasteiger partial charge in [-0.25, -0.2) is 0 Å². The van der Waals surface area contributed by atoms with E-state index in [-0.39, 0.29) is 5.91 Å². The van der Waals surface area contributed by atoms with Crippen LogP contribution in [0.4, 0.5) is 5.69 Å². The summed E-state index contributed by atoms with van der Waals surface area (Å²) in [6.07, 6.45) is 5.35. The molecule has 1 amide bonds. The van der Waals surface area contributed by atoms with Crippen LogP contribution < -0.4 is 15.0 Å². The molecule has 2 heterocycles. The van der Waals surface area contributed by atoms with Gasteiger partial charge < -0.3 is 15.0 Å². The summed E-state index contributed by atoms with van der Waals surface area (Å²) in [4.78, 5) is 22.2. The van der Waals surface area contributed by atoms with E-state index < -0.39 is 5.54 Å². The Kier molecular flexibility index (Phi) is 9.09. The predicted molar refractivity (Wildman–Crippen MR) is 160 cm³/mol. The van der Waals surface area contributed by atoms with Crippen LogP contribution in [0.3, 0.4) is 0 Å². The molecule has 1 fully saturated rings. The number of pyridine rings is 1. The zero-order valence-electron chi connectivity index (χ0n) is 23.2. The van der Waals surface area contributed by atoms with Crippen molar-refractivity contribution in [2.24, 2.45) is 0 Å². The van der Waals surface area contributed by atoms with Gasteiger partial charge in [-0.1, -0.05) is 78.9 Å². The Morgan fingerprint density at radius 2 is 1.52 bits per heavy atom. The van der Waals surface area contributed by atoms with Crippen molar-refractivity contribution in [2.75, 3.05) is 24.6 Å². The van der Waals surface area contributed by atoms with Crippen molar-refractivity contribution in [1.29, 1.82) is 0 Å². The first-order chi connectivity index (χ1) is 19.6. The third-order valence-corrected chi connectivity index (χ3v) is 7.68. The van der Waals surface area contributed by atoms with E-state index in [9.17, 15) is 4.79 Å². The Balaban J connectivity index is 1.20. The molecule has 0 radical (unpaired) electrons. The highest BCUT2D eigenvalue weighted by atomic mass is 16.5. The summed E-state index contributed by atoms with van der Waals surface area (Å²) >= 11 is 0. The molecule has 1 aliphatic rings. The monoisotopic (exact) mass is 534 g/mol. The smallest absolute Gasteiger partial charge is 0.245 e. The zero-order valence-corrected chi connectivity index (χ0v) is 23.2. The minimum absolute atomic E-state index is 0.0357. The first-order valence-electron chi connectivity index (χ1n) is 14.1.